The fourth-order valence-electron chi connectivity index (χ4n) is 3.00. The quantitative estimate of drug-likeness (QED) is 0.257. The molecule has 0 aliphatic rings. The maximum Gasteiger partial charge on any atom is 0.573 e. The molecule has 1 unspecified atom stereocenters. The van der Waals surface area contributed by atoms with Crippen molar-refractivity contribution in [2.24, 2.45) is 7.05 Å². The topological polar surface area (TPSA) is 88.1 Å². The van der Waals surface area contributed by atoms with Gasteiger partial charge in [-0.05, 0) is 48.6 Å². The second kappa shape index (κ2) is 9.16. The molecule has 0 fully saturated rings. The molecule has 1 atom stereocenters. The summed E-state index contributed by atoms with van der Waals surface area (Å²) in [6, 6.07) is 8.44. The first-order valence-electron chi connectivity index (χ1n) is 9.17. The summed E-state index contributed by atoms with van der Waals surface area (Å²) in [7, 11) is 1.75. The van der Waals surface area contributed by atoms with Crippen LogP contribution in [0.1, 0.15) is 17.5 Å². The highest BCUT2D eigenvalue weighted by Crippen LogP contribution is 2.30. The summed E-state index contributed by atoms with van der Waals surface area (Å²) in [5, 5.41) is 4.16. The van der Waals surface area contributed by atoms with E-state index in [-0.39, 0.29) is 22.6 Å². The number of aromatic nitrogens is 5. The molecule has 3 heterocycles. The molecule has 13 heteroatoms. The number of rotatable bonds is 7. The van der Waals surface area contributed by atoms with E-state index >= 15 is 0 Å². The highest BCUT2D eigenvalue weighted by molar-refractivity contribution is 7.78. The molecule has 0 amide bonds. The van der Waals surface area contributed by atoms with Gasteiger partial charge in [0.2, 0.25) is 5.82 Å². The average molecular weight is 496 g/mol. The number of alkyl halides is 3. The van der Waals surface area contributed by atoms with Crippen LogP contribution in [0.4, 0.5) is 13.2 Å². The third-order valence-electron chi connectivity index (χ3n) is 4.38. The van der Waals surface area contributed by atoms with Crippen molar-refractivity contribution in [3.8, 4) is 28.7 Å². The van der Waals surface area contributed by atoms with Crippen molar-refractivity contribution >= 4 is 29.4 Å². The van der Waals surface area contributed by atoms with Gasteiger partial charge in [0.1, 0.15) is 22.2 Å². The van der Waals surface area contributed by atoms with Crippen LogP contribution >= 0.6 is 23.8 Å². The summed E-state index contributed by atoms with van der Waals surface area (Å²) in [5.74, 6) is 0.409. The maximum absolute atomic E-state index is 12.3. The predicted molar refractivity (Wildman–Crippen MR) is 114 cm³/mol. The lowest BCUT2D eigenvalue weighted by Crippen LogP contribution is -2.16. The molecule has 4 rings (SSSR count). The van der Waals surface area contributed by atoms with Gasteiger partial charge >= 0.3 is 6.36 Å². The second-order valence-corrected chi connectivity index (χ2v) is 7.19. The highest BCUT2D eigenvalue weighted by Gasteiger charge is 2.31. The summed E-state index contributed by atoms with van der Waals surface area (Å²) in [6.45, 7) is 0. The molecular weight excluding hydrogens is 483 g/mol. The van der Waals surface area contributed by atoms with Crippen molar-refractivity contribution in [1.82, 2.24) is 24.7 Å². The summed E-state index contributed by atoms with van der Waals surface area (Å²) >= 11 is 10.8. The summed E-state index contributed by atoms with van der Waals surface area (Å²) < 4.78 is 53.4. The van der Waals surface area contributed by atoms with Crippen molar-refractivity contribution in [1.29, 1.82) is 0 Å². The van der Waals surface area contributed by atoms with Gasteiger partial charge < -0.3 is 18.6 Å². The summed E-state index contributed by atoms with van der Waals surface area (Å²) in [4.78, 5) is 12.8. The molecule has 0 saturated carbocycles. The lowest BCUT2D eigenvalue weighted by Gasteiger charge is -2.16. The third-order valence-corrected chi connectivity index (χ3v) is 4.70. The number of hydrogen-bond donors (Lipinski definition) is 0. The van der Waals surface area contributed by atoms with E-state index in [2.05, 4.69) is 24.8 Å². The standard InChI is InChI=1S/C20H13ClF3N5O3S/c1-29-9-14(26-18(29)16(30-10-33)12-6-7-25-15(21)8-12)19-27-17(28-32-19)11-2-4-13(5-3-11)31-20(22,23)24/h2-10,16H,1H3. The molecule has 1 aromatic carbocycles. The Labute approximate surface area is 194 Å². The van der Waals surface area contributed by atoms with Crippen LogP contribution in [-0.4, -0.2) is 36.6 Å². The molecule has 0 spiro atoms. The molecule has 8 nitrogen and oxygen atoms in total. The van der Waals surface area contributed by atoms with Crippen LogP contribution in [0.15, 0.2) is 53.3 Å². The Morgan fingerprint density at radius 2 is 1.94 bits per heavy atom. The van der Waals surface area contributed by atoms with E-state index < -0.39 is 12.5 Å². The molecule has 0 bridgehead atoms. The third kappa shape index (κ3) is 5.29. The molecule has 0 aliphatic heterocycles. The van der Waals surface area contributed by atoms with Gasteiger partial charge in [0.15, 0.2) is 11.9 Å². The normalized spacial score (nSPS) is 12.4. The monoisotopic (exact) mass is 495 g/mol. The first-order valence-corrected chi connectivity index (χ1v) is 10.0. The van der Waals surface area contributed by atoms with Crippen LogP contribution in [0, 0.1) is 0 Å². The summed E-state index contributed by atoms with van der Waals surface area (Å²) in [6.07, 6.45) is -2.24. The Hall–Kier alpha value is -3.51. The molecule has 3 aromatic heterocycles. The van der Waals surface area contributed by atoms with Crippen LogP contribution < -0.4 is 4.74 Å². The van der Waals surface area contributed by atoms with Crippen molar-refractivity contribution in [2.45, 2.75) is 12.5 Å². The average Bonchev–Trinajstić information content (AvgIpc) is 3.38. The van der Waals surface area contributed by atoms with Gasteiger partial charge in [-0.25, -0.2) is 9.97 Å². The second-order valence-electron chi connectivity index (χ2n) is 6.61. The van der Waals surface area contributed by atoms with Crippen molar-refractivity contribution in [3.05, 3.63) is 65.3 Å². The Kier molecular flexibility index (Phi) is 6.29. The minimum atomic E-state index is -4.77. The largest absolute Gasteiger partial charge is 0.573 e. The highest BCUT2D eigenvalue weighted by atomic mass is 35.5. The van der Waals surface area contributed by atoms with E-state index in [0.717, 1.165) is 17.7 Å². The molecule has 0 radical (unpaired) electrons. The molecule has 0 aliphatic carbocycles. The van der Waals surface area contributed by atoms with Crippen LogP contribution in [0.2, 0.25) is 5.15 Å². The lowest BCUT2D eigenvalue weighted by atomic mass is 10.1. The number of nitrogens with zero attached hydrogens (tertiary/aromatic N) is 5. The van der Waals surface area contributed by atoms with Gasteiger partial charge in [-0.1, -0.05) is 16.8 Å². The van der Waals surface area contributed by atoms with E-state index in [1.54, 1.807) is 29.9 Å². The number of benzene rings is 1. The smallest absolute Gasteiger partial charge is 0.474 e. The van der Waals surface area contributed by atoms with E-state index in [9.17, 15) is 13.2 Å². The van der Waals surface area contributed by atoms with Crippen LogP contribution in [0.3, 0.4) is 0 Å². The van der Waals surface area contributed by atoms with E-state index in [4.69, 9.17) is 33.1 Å². The van der Waals surface area contributed by atoms with Gasteiger partial charge in [0.25, 0.3) is 5.89 Å². The summed E-state index contributed by atoms with van der Waals surface area (Å²) in [5.41, 5.74) is 2.61. The molecule has 33 heavy (non-hydrogen) atoms. The number of hydrogen-bond acceptors (Lipinski definition) is 8. The van der Waals surface area contributed by atoms with E-state index in [0.29, 0.717) is 22.6 Å². The first kappa shape index (κ1) is 22.7. The minimum absolute atomic E-state index is 0.108. The number of halogens is 4. The molecule has 0 N–H and O–H groups in total. The van der Waals surface area contributed by atoms with Crippen LogP contribution in [0.25, 0.3) is 23.0 Å². The molecule has 170 valence electrons. The SMILES string of the molecule is Cn1cc(-c2nc(-c3ccc(OC(F)(F)F)cc3)no2)nc1C(OC=S)c1ccnc(Cl)c1. The van der Waals surface area contributed by atoms with Gasteiger partial charge in [0, 0.05) is 30.6 Å². The van der Waals surface area contributed by atoms with E-state index in [1.807, 2.05) is 0 Å². The number of aryl methyl sites for hydroxylation is 1. The number of imidazole rings is 1. The van der Waals surface area contributed by atoms with Crippen LogP contribution in [-0.2, 0) is 11.8 Å². The number of pyridine rings is 1. The zero-order valence-electron chi connectivity index (χ0n) is 16.7. The Balaban J connectivity index is 1.60. The van der Waals surface area contributed by atoms with Crippen LogP contribution in [0.5, 0.6) is 5.75 Å². The first-order chi connectivity index (χ1) is 15.7. The molecular formula is C20H13ClF3N5O3S. The zero-order chi connectivity index (χ0) is 23.6. The Morgan fingerprint density at radius 3 is 2.61 bits per heavy atom. The lowest BCUT2D eigenvalue weighted by molar-refractivity contribution is -0.274. The maximum atomic E-state index is 12.3. The fraction of sp³-hybridized carbons (Fsp3) is 0.150. The molecule has 0 saturated heterocycles. The van der Waals surface area contributed by atoms with Crippen molar-refractivity contribution < 1.29 is 27.2 Å². The number of ether oxygens (including phenoxy) is 2. The molecule has 4 aromatic rings. The zero-order valence-corrected chi connectivity index (χ0v) is 18.2. The van der Waals surface area contributed by atoms with E-state index in [1.165, 1.54) is 18.3 Å². The predicted octanol–water partition coefficient (Wildman–Crippen LogP) is 5.15. The van der Waals surface area contributed by atoms with Crippen molar-refractivity contribution in [3.63, 3.8) is 0 Å². The van der Waals surface area contributed by atoms with Gasteiger partial charge in [-0.3, -0.25) is 0 Å². The van der Waals surface area contributed by atoms with Gasteiger partial charge in [-0.2, -0.15) is 4.98 Å². The number of thiocarbonyl (C=S) groups is 1. The fourth-order valence-corrected chi connectivity index (χ4v) is 3.30. The minimum Gasteiger partial charge on any atom is -0.474 e. The van der Waals surface area contributed by atoms with Crippen molar-refractivity contribution in [2.75, 3.05) is 0 Å². The Morgan fingerprint density at radius 1 is 1.18 bits per heavy atom. The van der Waals surface area contributed by atoms with Gasteiger partial charge in [0.05, 0.1) is 0 Å². The van der Waals surface area contributed by atoms with Gasteiger partial charge in [-0.15, -0.1) is 13.2 Å². The Bertz CT molecular complexity index is 1280.